The number of fused-ring (bicyclic) bond motifs is 1. The molecule has 1 N–H and O–H groups in total. The summed E-state index contributed by atoms with van der Waals surface area (Å²) in [6.07, 6.45) is 5.30. The van der Waals surface area contributed by atoms with Crippen molar-refractivity contribution in [3.8, 4) is 0 Å². The number of aryl methyl sites for hydroxylation is 1. The molecule has 0 amide bonds. The van der Waals surface area contributed by atoms with Crippen LogP contribution in [0.4, 0.5) is 0 Å². The molecule has 1 aromatic carbocycles. The number of nitrogens with one attached hydrogen (secondary N) is 1. The Hall–Kier alpha value is -0.620. The van der Waals surface area contributed by atoms with E-state index in [2.05, 4.69) is 11.4 Å². The van der Waals surface area contributed by atoms with Crippen LogP contribution >= 0.6 is 11.6 Å². The molecule has 2 atom stereocenters. The van der Waals surface area contributed by atoms with Crippen LogP contribution in [0, 0.1) is 0 Å². The molecule has 4 nitrogen and oxygen atoms in total. The normalized spacial score (nSPS) is 26.2. The molecule has 0 radical (unpaired) electrons. The molecule has 1 aromatic rings. The van der Waals surface area contributed by atoms with Gasteiger partial charge in [0, 0.05) is 30.2 Å². The number of halogens is 1. The smallest absolute Gasteiger partial charge is 0.211 e. The lowest BCUT2D eigenvalue weighted by molar-refractivity contribution is 0.358. The van der Waals surface area contributed by atoms with Crippen LogP contribution in [0.5, 0.6) is 0 Å². The summed E-state index contributed by atoms with van der Waals surface area (Å²) in [5, 5.41) is 4.34. The van der Waals surface area contributed by atoms with Gasteiger partial charge in [-0.05, 0) is 48.9 Å². The van der Waals surface area contributed by atoms with Gasteiger partial charge in [0.2, 0.25) is 10.0 Å². The summed E-state index contributed by atoms with van der Waals surface area (Å²) in [6.45, 7) is 1.38. The lowest BCUT2D eigenvalue weighted by atomic mass is 10.1. The molecule has 1 heterocycles. The van der Waals surface area contributed by atoms with Crippen molar-refractivity contribution in [3.05, 3.63) is 34.3 Å². The molecule has 21 heavy (non-hydrogen) atoms. The Labute approximate surface area is 131 Å². The Morgan fingerprint density at radius 2 is 2.19 bits per heavy atom. The molecule has 0 unspecified atom stereocenters. The first-order valence-corrected chi connectivity index (χ1v) is 9.66. The van der Waals surface area contributed by atoms with E-state index in [1.807, 2.05) is 12.1 Å². The summed E-state index contributed by atoms with van der Waals surface area (Å²) >= 11 is 6.03. The quantitative estimate of drug-likeness (QED) is 0.923. The molecule has 0 spiro atoms. The third kappa shape index (κ3) is 3.26. The predicted octanol–water partition coefficient (Wildman–Crippen LogP) is 2.34. The van der Waals surface area contributed by atoms with Gasteiger partial charge in [-0.2, -0.15) is 4.31 Å². The van der Waals surface area contributed by atoms with Crippen molar-refractivity contribution in [2.45, 2.75) is 37.8 Å². The van der Waals surface area contributed by atoms with Crippen molar-refractivity contribution in [2.24, 2.45) is 0 Å². The minimum Gasteiger partial charge on any atom is -0.308 e. The highest BCUT2D eigenvalue weighted by atomic mass is 35.5. The minimum absolute atomic E-state index is 0.0938. The number of sulfonamides is 1. The molecule has 1 aliphatic heterocycles. The molecule has 6 heteroatoms. The Balaban J connectivity index is 1.65. The zero-order valence-corrected chi connectivity index (χ0v) is 13.8. The first kappa shape index (κ1) is 15.3. The van der Waals surface area contributed by atoms with E-state index in [9.17, 15) is 8.42 Å². The zero-order chi connectivity index (χ0) is 15.0. The molecular formula is C15H21ClN2O2S. The van der Waals surface area contributed by atoms with Gasteiger partial charge in [-0.15, -0.1) is 0 Å². The van der Waals surface area contributed by atoms with Gasteiger partial charge in [0.1, 0.15) is 0 Å². The largest absolute Gasteiger partial charge is 0.308 e. The molecule has 1 fully saturated rings. The van der Waals surface area contributed by atoms with Crippen LogP contribution in [0.15, 0.2) is 18.2 Å². The third-order valence-corrected chi connectivity index (χ3v) is 6.10. The molecule has 0 bridgehead atoms. The van der Waals surface area contributed by atoms with Crippen molar-refractivity contribution in [1.29, 1.82) is 0 Å². The fourth-order valence-corrected chi connectivity index (χ4v) is 4.90. The molecule has 1 saturated heterocycles. The Morgan fingerprint density at radius 3 is 2.95 bits per heavy atom. The van der Waals surface area contributed by atoms with E-state index in [0.29, 0.717) is 12.6 Å². The van der Waals surface area contributed by atoms with Gasteiger partial charge in [0.05, 0.1) is 6.26 Å². The van der Waals surface area contributed by atoms with Crippen molar-refractivity contribution < 1.29 is 8.42 Å². The van der Waals surface area contributed by atoms with Gasteiger partial charge in [-0.25, -0.2) is 8.42 Å². The Morgan fingerprint density at radius 1 is 1.38 bits per heavy atom. The predicted molar refractivity (Wildman–Crippen MR) is 85.1 cm³/mol. The van der Waals surface area contributed by atoms with E-state index < -0.39 is 10.0 Å². The van der Waals surface area contributed by atoms with Gasteiger partial charge in [0.25, 0.3) is 0 Å². The number of rotatable bonds is 4. The lowest BCUT2D eigenvalue weighted by Gasteiger charge is -2.24. The summed E-state index contributed by atoms with van der Waals surface area (Å²) in [7, 11) is -3.09. The summed E-state index contributed by atoms with van der Waals surface area (Å²) < 4.78 is 25.2. The van der Waals surface area contributed by atoms with E-state index in [4.69, 9.17) is 11.6 Å². The molecule has 1 aliphatic carbocycles. The third-order valence-electron chi connectivity index (χ3n) is 4.53. The Kier molecular flexibility index (Phi) is 4.28. The van der Waals surface area contributed by atoms with Gasteiger partial charge >= 0.3 is 0 Å². The van der Waals surface area contributed by atoms with Crippen molar-refractivity contribution >= 4 is 21.6 Å². The van der Waals surface area contributed by atoms with Gasteiger partial charge < -0.3 is 5.32 Å². The maximum atomic E-state index is 11.8. The average Bonchev–Trinajstić information content (AvgIpc) is 3.01. The molecule has 0 saturated carbocycles. The number of hydrogen-bond donors (Lipinski definition) is 1. The van der Waals surface area contributed by atoms with Gasteiger partial charge in [0.15, 0.2) is 0 Å². The lowest BCUT2D eigenvalue weighted by Crippen LogP contribution is -2.41. The second-order valence-electron chi connectivity index (χ2n) is 6.01. The van der Waals surface area contributed by atoms with Crippen LogP contribution in [-0.2, 0) is 16.4 Å². The number of hydrogen-bond acceptors (Lipinski definition) is 3. The van der Waals surface area contributed by atoms with Crippen molar-refractivity contribution in [1.82, 2.24) is 9.62 Å². The van der Waals surface area contributed by atoms with Crippen LogP contribution < -0.4 is 5.32 Å². The molecular weight excluding hydrogens is 308 g/mol. The maximum Gasteiger partial charge on any atom is 0.211 e. The fraction of sp³-hybridized carbons (Fsp3) is 0.600. The van der Waals surface area contributed by atoms with Crippen LogP contribution in [-0.4, -0.2) is 38.1 Å². The topological polar surface area (TPSA) is 49.4 Å². The van der Waals surface area contributed by atoms with Crippen LogP contribution in [0.3, 0.4) is 0 Å². The van der Waals surface area contributed by atoms with Gasteiger partial charge in [-0.1, -0.05) is 17.7 Å². The summed E-state index contributed by atoms with van der Waals surface area (Å²) in [5.41, 5.74) is 2.62. The van der Waals surface area contributed by atoms with E-state index in [0.717, 1.165) is 37.3 Å². The second kappa shape index (κ2) is 5.88. The first-order chi connectivity index (χ1) is 9.95. The number of nitrogens with zero attached hydrogens (tertiary/aromatic N) is 1. The monoisotopic (exact) mass is 328 g/mol. The average molecular weight is 329 g/mol. The van der Waals surface area contributed by atoms with Crippen LogP contribution in [0.25, 0.3) is 0 Å². The van der Waals surface area contributed by atoms with E-state index in [-0.39, 0.29) is 6.04 Å². The van der Waals surface area contributed by atoms with E-state index in [1.165, 1.54) is 17.4 Å². The standard InChI is InChI=1S/C15H21ClN2O2S/c1-21(19,20)18-8-2-3-13(18)10-17-15-7-4-11-9-12(16)5-6-14(11)15/h5-6,9,13,15,17H,2-4,7-8,10H2,1H3/t13-,15+/m1/s1. The van der Waals surface area contributed by atoms with Crippen LogP contribution in [0.1, 0.15) is 36.4 Å². The highest BCUT2D eigenvalue weighted by molar-refractivity contribution is 7.88. The Bertz CT molecular complexity index is 633. The molecule has 3 rings (SSSR count). The molecule has 2 aliphatic rings. The minimum atomic E-state index is -3.09. The van der Waals surface area contributed by atoms with Gasteiger partial charge in [-0.3, -0.25) is 0 Å². The van der Waals surface area contributed by atoms with E-state index >= 15 is 0 Å². The summed E-state index contributed by atoms with van der Waals surface area (Å²) in [4.78, 5) is 0. The van der Waals surface area contributed by atoms with Crippen molar-refractivity contribution in [3.63, 3.8) is 0 Å². The highest BCUT2D eigenvalue weighted by Gasteiger charge is 2.32. The van der Waals surface area contributed by atoms with Crippen molar-refractivity contribution in [2.75, 3.05) is 19.3 Å². The molecule has 116 valence electrons. The van der Waals surface area contributed by atoms with Crippen LogP contribution in [0.2, 0.25) is 5.02 Å². The first-order valence-electron chi connectivity index (χ1n) is 7.43. The summed E-state index contributed by atoms with van der Waals surface area (Å²) in [6, 6.07) is 6.47. The van der Waals surface area contributed by atoms with E-state index in [1.54, 1.807) is 4.31 Å². The number of benzene rings is 1. The second-order valence-corrected chi connectivity index (χ2v) is 8.38. The zero-order valence-electron chi connectivity index (χ0n) is 12.2. The molecule has 0 aromatic heterocycles. The maximum absolute atomic E-state index is 11.8. The SMILES string of the molecule is CS(=O)(=O)N1CCC[C@@H]1CN[C@H]1CCc2cc(Cl)ccc21. The summed E-state index contributed by atoms with van der Waals surface area (Å²) in [5.74, 6) is 0. The highest BCUT2D eigenvalue weighted by Crippen LogP contribution is 2.33. The fourth-order valence-electron chi connectivity index (χ4n) is 3.53.